The molecule has 34 heavy (non-hydrogen) atoms. The van der Waals surface area contributed by atoms with Crippen molar-refractivity contribution in [1.29, 1.82) is 0 Å². The lowest BCUT2D eigenvalue weighted by molar-refractivity contribution is -0.141. The molecular formula is C28H36N2O4. The smallest absolute Gasteiger partial charge is 0.242 e. The van der Waals surface area contributed by atoms with Crippen LogP contribution >= 0.6 is 0 Å². The zero-order valence-corrected chi connectivity index (χ0v) is 20.3. The molecule has 6 heteroatoms. The largest absolute Gasteiger partial charge is 0.486 e. The fraction of sp³-hybridized carbons (Fsp3) is 0.500. The molecule has 2 amide bonds. The highest BCUT2D eigenvalue weighted by Crippen LogP contribution is 2.31. The lowest BCUT2D eigenvalue weighted by atomic mass is 9.95. The van der Waals surface area contributed by atoms with Crippen molar-refractivity contribution < 1.29 is 19.1 Å². The standard InChI is InChI=1S/C28H36N2O4/c1-20-7-6-8-23(17-20)19-30(21(2)28(32)29-24-9-4-3-5-10-24)27(31)14-12-22-11-13-25-26(18-22)34-16-15-33-25/h6-8,11,13,17-18,21,24H,3-5,9-10,12,14-16,19H2,1-2H3,(H,29,32)/t21-/m1/s1. The molecule has 0 saturated heterocycles. The highest BCUT2D eigenvalue weighted by molar-refractivity contribution is 5.87. The Morgan fingerprint density at radius 1 is 1.00 bits per heavy atom. The van der Waals surface area contributed by atoms with Crippen molar-refractivity contribution in [2.24, 2.45) is 0 Å². The summed E-state index contributed by atoms with van der Waals surface area (Å²) in [4.78, 5) is 28.3. The lowest BCUT2D eigenvalue weighted by Gasteiger charge is -2.31. The van der Waals surface area contributed by atoms with E-state index in [0.29, 0.717) is 32.6 Å². The number of carbonyl (C=O) groups is 2. The maximum absolute atomic E-state index is 13.4. The van der Waals surface area contributed by atoms with Gasteiger partial charge < -0.3 is 19.7 Å². The van der Waals surface area contributed by atoms with Crippen LogP contribution in [-0.4, -0.2) is 42.0 Å². The third kappa shape index (κ3) is 6.31. The van der Waals surface area contributed by atoms with Gasteiger partial charge >= 0.3 is 0 Å². The fourth-order valence-electron chi connectivity index (χ4n) is 4.80. The van der Waals surface area contributed by atoms with E-state index in [4.69, 9.17) is 9.47 Å². The number of nitrogens with zero attached hydrogens (tertiary/aromatic N) is 1. The number of rotatable bonds is 8. The normalized spacial score (nSPS) is 16.5. The minimum atomic E-state index is -0.532. The summed E-state index contributed by atoms with van der Waals surface area (Å²) in [5.74, 6) is 1.39. The number of benzene rings is 2. The molecule has 1 aliphatic heterocycles. The maximum atomic E-state index is 13.4. The van der Waals surface area contributed by atoms with E-state index in [-0.39, 0.29) is 17.9 Å². The molecule has 2 aliphatic rings. The van der Waals surface area contributed by atoms with Gasteiger partial charge in [-0.05, 0) is 56.4 Å². The average molecular weight is 465 g/mol. The second-order valence-electron chi connectivity index (χ2n) is 9.51. The first-order chi connectivity index (χ1) is 16.5. The molecule has 0 unspecified atom stereocenters. The molecule has 2 aromatic carbocycles. The highest BCUT2D eigenvalue weighted by Gasteiger charge is 2.28. The molecule has 0 spiro atoms. The molecule has 2 aromatic rings. The Kier molecular flexibility index (Phi) is 8.09. The zero-order valence-electron chi connectivity index (χ0n) is 20.3. The van der Waals surface area contributed by atoms with Gasteiger partial charge in [0.05, 0.1) is 0 Å². The number of ether oxygens (including phenoxy) is 2. The molecular weight excluding hydrogens is 428 g/mol. The van der Waals surface area contributed by atoms with Crippen molar-refractivity contribution in [2.45, 2.75) is 77.4 Å². The minimum absolute atomic E-state index is 0.0253. The number of hydrogen-bond acceptors (Lipinski definition) is 4. The van der Waals surface area contributed by atoms with Gasteiger partial charge in [-0.3, -0.25) is 9.59 Å². The summed E-state index contributed by atoms with van der Waals surface area (Å²) in [7, 11) is 0. The Hall–Kier alpha value is -3.02. The van der Waals surface area contributed by atoms with Gasteiger partial charge in [0.1, 0.15) is 19.3 Å². The van der Waals surface area contributed by atoms with Crippen LogP contribution in [0.25, 0.3) is 0 Å². The van der Waals surface area contributed by atoms with E-state index >= 15 is 0 Å². The van der Waals surface area contributed by atoms with E-state index in [0.717, 1.165) is 53.9 Å². The van der Waals surface area contributed by atoms with Crippen LogP contribution in [0, 0.1) is 6.92 Å². The molecule has 0 aromatic heterocycles. The molecule has 1 saturated carbocycles. The Morgan fingerprint density at radius 3 is 2.53 bits per heavy atom. The number of nitrogens with one attached hydrogen (secondary N) is 1. The summed E-state index contributed by atoms with van der Waals surface area (Å²) < 4.78 is 11.3. The van der Waals surface area contributed by atoms with E-state index in [9.17, 15) is 9.59 Å². The molecule has 1 atom stereocenters. The summed E-state index contributed by atoms with van der Waals surface area (Å²) >= 11 is 0. The molecule has 182 valence electrons. The van der Waals surface area contributed by atoms with Gasteiger partial charge in [-0.25, -0.2) is 0 Å². The molecule has 0 radical (unpaired) electrons. The van der Waals surface area contributed by atoms with Gasteiger partial charge in [-0.2, -0.15) is 0 Å². The fourth-order valence-corrected chi connectivity index (χ4v) is 4.80. The van der Waals surface area contributed by atoms with Gasteiger partial charge in [-0.1, -0.05) is 55.2 Å². The van der Waals surface area contributed by atoms with Crippen molar-refractivity contribution in [2.75, 3.05) is 13.2 Å². The van der Waals surface area contributed by atoms with Crippen LogP contribution in [0.15, 0.2) is 42.5 Å². The zero-order chi connectivity index (χ0) is 23.9. The molecule has 6 nitrogen and oxygen atoms in total. The van der Waals surface area contributed by atoms with E-state index in [1.807, 2.05) is 50.2 Å². The molecule has 0 bridgehead atoms. The predicted molar refractivity (Wildman–Crippen MR) is 132 cm³/mol. The third-order valence-electron chi connectivity index (χ3n) is 6.79. The average Bonchev–Trinajstić information content (AvgIpc) is 2.86. The molecule has 1 aliphatic carbocycles. The van der Waals surface area contributed by atoms with E-state index in [1.165, 1.54) is 6.42 Å². The molecule has 1 fully saturated rings. The van der Waals surface area contributed by atoms with Crippen molar-refractivity contribution in [3.63, 3.8) is 0 Å². The summed E-state index contributed by atoms with van der Waals surface area (Å²) in [6.45, 7) is 5.39. The topological polar surface area (TPSA) is 67.9 Å². The van der Waals surface area contributed by atoms with Crippen molar-refractivity contribution in [3.8, 4) is 11.5 Å². The Balaban J connectivity index is 1.44. The van der Waals surface area contributed by atoms with Crippen LogP contribution in [0.3, 0.4) is 0 Å². The van der Waals surface area contributed by atoms with Gasteiger partial charge in [0, 0.05) is 19.0 Å². The van der Waals surface area contributed by atoms with Crippen LogP contribution < -0.4 is 14.8 Å². The predicted octanol–water partition coefficient (Wildman–Crippen LogP) is 4.57. The van der Waals surface area contributed by atoms with Crippen LogP contribution in [0.5, 0.6) is 11.5 Å². The molecule has 1 heterocycles. The van der Waals surface area contributed by atoms with Crippen molar-refractivity contribution in [3.05, 3.63) is 59.2 Å². The summed E-state index contributed by atoms with van der Waals surface area (Å²) in [5.41, 5.74) is 3.19. The van der Waals surface area contributed by atoms with E-state index < -0.39 is 6.04 Å². The molecule has 4 rings (SSSR count). The monoisotopic (exact) mass is 464 g/mol. The quantitative estimate of drug-likeness (QED) is 0.622. The first kappa shape index (κ1) is 24.1. The summed E-state index contributed by atoms with van der Waals surface area (Å²) in [6.07, 6.45) is 6.49. The number of hydrogen-bond donors (Lipinski definition) is 1. The first-order valence-corrected chi connectivity index (χ1v) is 12.5. The summed E-state index contributed by atoms with van der Waals surface area (Å²) in [6, 6.07) is 13.6. The van der Waals surface area contributed by atoms with Crippen molar-refractivity contribution in [1.82, 2.24) is 10.2 Å². The van der Waals surface area contributed by atoms with Crippen molar-refractivity contribution >= 4 is 11.8 Å². The van der Waals surface area contributed by atoms with E-state index in [2.05, 4.69) is 11.4 Å². The lowest BCUT2D eigenvalue weighted by Crippen LogP contribution is -2.50. The SMILES string of the molecule is Cc1cccc(CN(C(=O)CCc2ccc3c(c2)OCCO3)[C@H](C)C(=O)NC2CCCCC2)c1. The van der Waals surface area contributed by atoms with Gasteiger partial charge in [0.2, 0.25) is 11.8 Å². The van der Waals surface area contributed by atoms with Crippen LogP contribution in [-0.2, 0) is 22.6 Å². The minimum Gasteiger partial charge on any atom is -0.486 e. The molecule has 1 N–H and O–H groups in total. The van der Waals surface area contributed by atoms with Gasteiger partial charge in [0.25, 0.3) is 0 Å². The number of aryl methyl sites for hydroxylation is 2. The van der Waals surface area contributed by atoms with E-state index in [1.54, 1.807) is 4.90 Å². The second-order valence-corrected chi connectivity index (χ2v) is 9.51. The number of carbonyl (C=O) groups excluding carboxylic acids is 2. The second kappa shape index (κ2) is 11.4. The first-order valence-electron chi connectivity index (χ1n) is 12.5. The highest BCUT2D eigenvalue weighted by atomic mass is 16.6. The Bertz CT molecular complexity index is 1000. The van der Waals surface area contributed by atoms with Gasteiger partial charge in [0.15, 0.2) is 11.5 Å². The number of fused-ring (bicyclic) bond motifs is 1. The maximum Gasteiger partial charge on any atom is 0.242 e. The Morgan fingerprint density at radius 2 is 1.76 bits per heavy atom. The van der Waals surface area contributed by atoms with Crippen LogP contribution in [0.4, 0.5) is 0 Å². The van der Waals surface area contributed by atoms with Gasteiger partial charge in [-0.15, -0.1) is 0 Å². The summed E-state index contributed by atoms with van der Waals surface area (Å²) in [5, 5.41) is 3.20. The number of amides is 2. The Labute approximate surface area is 202 Å². The third-order valence-corrected chi connectivity index (χ3v) is 6.79. The van der Waals surface area contributed by atoms with Crippen LogP contribution in [0.1, 0.15) is 62.1 Å². The van der Waals surface area contributed by atoms with Crippen LogP contribution in [0.2, 0.25) is 0 Å².